The molecule has 1 aromatic carbocycles. The smallest absolute Gasteiger partial charge is 0.345 e. The molecule has 0 spiro atoms. The summed E-state index contributed by atoms with van der Waals surface area (Å²) in [5, 5.41) is 7.32. The Morgan fingerprint density at radius 3 is 2.92 bits per heavy atom. The second-order valence-electron chi connectivity index (χ2n) is 5.15. The number of aromatic nitrogens is 2. The fraction of sp³-hybridized carbons (Fsp3) is 0. The standard InChI is InChI=1S/C18H12N4O2S/c23-17-14(9-12-5-1-2-7-16(12)24-17)15-11-25-18(21-15)22-20-10-13-6-3-4-8-19-13/h1-11H,(H,21,22)/b20-10+. The quantitative estimate of drug-likeness (QED) is 0.345. The summed E-state index contributed by atoms with van der Waals surface area (Å²) in [6.07, 6.45) is 3.30. The Bertz CT molecular complexity index is 1100. The van der Waals surface area contributed by atoms with Gasteiger partial charge in [0, 0.05) is 17.0 Å². The van der Waals surface area contributed by atoms with E-state index in [0.717, 1.165) is 11.1 Å². The lowest BCUT2D eigenvalue weighted by Gasteiger charge is -1.99. The number of hydrazone groups is 1. The maximum absolute atomic E-state index is 12.2. The topological polar surface area (TPSA) is 80.4 Å². The van der Waals surface area contributed by atoms with Gasteiger partial charge in [0.25, 0.3) is 0 Å². The third-order valence-corrected chi connectivity index (χ3v) is 4.21. The lowest BCUT2D eigenvalue weighted by molar-refractivity contribution is 0.563. The SMILES string of the molecule is O=c1oc2ccccc2cc1-c1csc(N/N=C/c2ccccn2)n1. The molecule has 25 heavy (non-hydrogen) atoms. The van der Waals surface area contributed by atoms with Crippen molar-refractivity contribution in [2.45, 2.75) is 0 Å². The van der Waals surface area contributed by atoms with E-state index in [4.69, 9.17) is 4.42 Å². The molecule has 122 valence electrons. The van der Waals surface area contributed by atoms with Crippen LogP contribution < -0.4 is 11.1 Å². The van der Waals surface area contributed by atoms with E-state index >= 15 is 0 Å². The molecule has 4 rings (SSSR count). The first-order valence-corrected chi connectivity index (χ1v) is 8.36. The number of benzene rings is 1. The van der Waals surface area contributed by atoms with Crippen molar-refractivity contribution in [1.82, 2.24) is 9.97 Å². The summed E-state index contributed by atoms with van der Waals surface area (Å²) in [7, 11) is 0. The zero-order valence-electron chi connectivity index (χ0n) is 12.9. The first kappa shape index (κ1) is 15.2. The molecule has 0 saturated carbocycles. The van der Waals surface area contributed by atoms with Gasteiger partial charge in [0.1, 0.15) is 5.58 Å². The van der Waals surface area contributed by atoms with Crippen molar-refractivity contribution in [3.05, 3.63) is 76.2 Å². The molecule has 1 N–H and O–H groups in total. The Balaban J connectivity index is 1.58. The van der Waals surface area contributed by atoms with E-state index in [0.29, 0.717) is 22.0 Å². The molecule has 4 aromatic rings. The van der Waals surface area contributed by atoms with Crippen molar-refractivity contribution < 1.29 is 4.42 Å². The van der Waals surface area contributed by atoms with Gasteiger partial charge in [-0.2, -0.15) is 5.10 Å². The summed E-state index contributed by atoms with van der Waals surface area (Å²) in [5.41, 5.74) is 4.72. The molecule has 0 radical (unpaired) electrons. The average molecular weight is 348 g/mol. The summed E-state index contributed by atoms with van der Waals surface area (Å²) < 4.78 is 5.35. The number of nitrogens with one attached hydrogen (secondary N) is 1. The predicted molar refractivity (Wildman–Crippen MR) is 99.0 cm³/mol. The van der Waals surface area contributed by atoms with Gasteiger partial charge < -0.3 is 4.42 Å². The first-order valence-electron chi connectivity index (χ1n) is 7.48. The Morgan fingerprint density at radius 1 is 1.16 bits per heavy atom. The molecule has 0 fully saturated rings. The number of anilines is 1. The van der Waals surface area contributed by atoms with Crippen LogP contribution in [0.25, 0.3) is 22.2 Å². The van der Waals surface area contributed by atoms with Crippen molar-refractivity contribution in [3.8, 4) is 11.3 Å². The lowest BCUT2D eigenvalue weighted by Crippen LogP contribution is -2.02. The molecule has 0 aliphatic heterocycles. The maximum Gasteiger partial charge on any atom is 0.345 e. The van der Waals surface area contributed by atoms with Crippen molar-refractivity contribution >= 4 is 33.7 Å². The van der Waals surface area contributed by atoms with Gasteiger partial charge in [0.15, 0.2) is 0 Å². The largest absolute Gasteiger partial charge is 0.422 e. The van der Waals surface area contributed by atoms with Crippen LogP contribution in [-0.4, -0.2) is 16.2 Å². The zero-order valence-corrected chi connectivity index (χ0v) is 13.7. The van der Waals surface area contributed by atoms with Crippen LogP contribution in [0.2, 0.25) is 0 Å². The van der Waals surface area contributed by atoms with Crippen LogP contribution in [0, 0.1) is 0 Å². The predicted octanol–water partition coefficient (Wildman–Crippen LogP) is 3.76. The Morgan fingerprint density at radius 2 is 2.04 bits per heavy atom. The van der Waals surface area contributed by atoms with Crippen molar-refractivity contribution in [1.29, 1.82) is 0 Å². The zero-order chi connectivity index (χ0) is 17.1. The highest BCUT2D eigenvalue weighted by molar-refractivity contribution is 7.14. The van der Waals surface area contributed by atoms with Gasteiger partial charge in [-0.1, -0.05) is 24.3 Å². The van der Waals surface area contributed by atoms with Crippen LogP contribution in [-0.2, 0) is 0 Å². The normalized spacial score (nSPS) is 11.2. The van der Waals surface area contributed by atoms with E-state index in [1.54, 1.807) is 29.9 Å². The van der Waals surface area contributed by atoms with Crippen molar-refractivity contribution in [2.24, 2.45) is 5.10 Å². The van der Waals surface area contributed by atoms with Crippen LogP contribution in [0.5, 0.6) is 0 Å². The number of thiazole rings is 1. The minimum Gasteiger partial charge on any atom is -0.422 e. The molecule has 0 aliphatic carbocycles. The molecule has 3 heterocycles. The second kappa shape index (κ2) is 6.66. The van der Waals surface area contributed by atoms with E-state index < -0.39 is 5.63 Å². The lowest BCUT2D eigenvalue weighted by atomic mass is 10.1. The summed E-state index contributed by atoms with van der Waals surface area (Å²) >= 11 is 1.36. The number of rotatable bonds is 4. The number of pyridine rings is 1. The maximum atomic E-state index is 12.2. The molecule has 0 atom stereocenters. The Kier molecular flexibility index (Phi) is 4.05. The molecular formula is C18H12N4O2S. The molecule has 0 bridgehead atoms. The third-order valence-electron chi connectivity index (χ3n) is 3.47. The van der Waals surface area contributed by atoms with Gasteiger partial charge in [-0.15, -0.1) is 11.3 Å². The fourth-order valence-electron chi connectivity index (χ4n) is 2.30. The molecule has 0 unspecified atom stereocenters. The average Bonchev–Trinajstić information content (AvgIpc) is 3.11. The molecule has 0 aliphatic rings. The van der Waals surface area contributed by atoms with E-state index in [-0.39, 0.29) is 0 Å². The minimum absolute atomic E-state index is 0.410. The Hall–Kier alpha value is -3.32. The van der Waals surface area contributed by atoms with Crippen molar-refractivity contribution in [2.75, 3.05) is 5.43 Å². The highest BCUT2D eigenvalue weighted by atomic mass is 32.1. The number of hydrogen-bond acceptors (Lipinski definition) is 7. The van der Waals surface area contributed by atoms with Gasteiger partial charge in [0.05, 0.1) is 23.2 Å². The number of nitrogens with zero attached hydrogens (tertiary/aromatic N) is 3. The van der Waals surface area contributed by atoms with E-state index in [1.165, 1.54) is 11.3 Å². The van der Waals surface area contributed by atoms with Crippen LogP contribution in [0.15, 0.2) is 74.4 Å². The van der Waals surface area contributed by atoms with E-state index in [1.807, 2.05) is 36.4 Å². The molecule has 6 nitrogen and oxygen atoms in total. The fourth-order valence-corrected chi connectivity index (χ4v) is 2.95. The molecular weight excluding hydrogens is 336 g/mol. The number of hydrogen-bond donors (Lipinski definition) is 1. The summed E-state index contributed by atoms with van der Waals surface area (Å²) in [6, 6.07) is 14.7. The summed E-state index contributed by atoms with van der Waals surface area (Å²) in [5.74, 6) is 0. The van der Waals surface area contributed by atoms with Crippen LogP contribution in [0.4, 0.5) is 5.13 Å². The van der Waals surface area contributed by atoms with Gasteiger partial charge >= 0.3 is 5.63 Å². The first-order chi connectivity index (χ1) is 12.3. The number of para-hydroxylation sites is 1. The van der Waals surface area contributed by atoms with Gasteiger partial charge in [0.2, 0.25) is 5.13 Å². The van der Waals surface area contributed by atoms with Crippen LogP contribution in [0.1, 0.15) is 5.69 Å². The highest BCUT2D eigenvalue weighted by Gasteiger charge is 2.11. The second-order valence-corrected chi connectivity index (χ2v) is 6.01. The molecule has 7 heteroatoms. The van der Waals surface area contributed by atoms with Crippen LogP contribution >= 0.6 is 11.3 Å². The minimum atomic E-state index is -0.410. The van der Waals surface area contributed by atoms with Gasteiger partial charge in [-0.25, -0.2) is 9.78 Å². The molecule has 0 amide bonds. The summed E-state index contributed by atoms with van der Waals surface area (Å²) in [4.78, 5) is 20.7. The molecule has 0 saturated heterocycles. The van der Waals surface area contributed by atoms with Gasteiger partial charge in [-0.3, -0.25) is 10.4 Å². The van der Waals surface area contributed by atoms with Crippen molar-refractivity contribution in [3.63, 3.8) is 0 Å². The highest BCUT2D eigenvalue weighted by Crippen LogP contribution is 2.25. The monoisotopic (exact) mass is 348 g/mol. The third kappa shape index (κ3) is 3.31. The number of fused-ring (bicyclic) bond motifs is 1. The van der Waals surface area contributed by atoms with Gasteiger partial charge in [-0.05, 0) is 24.3 Å². The summed E-state index contributed by atoms with van der Waals surface area (Å²) in [6.45, 7) is 0. The Labute approximate surface area is 146 Å². The van der Waals surface area contributed by atoms with Crippen LogP contribution in [0.3, 0.4) is 0 Å². The van der Waals surface area contributed by atoms with E-state index in [9.17, 15) is 4.79 Å². The van der Waals surface area contributed by atoms with E-state index in [2.05, 4.69) is 20.5 Å². The molecule has 3 aromatic heterocycles.